The first-order valence-electron chi connectivity index (χ1n) is 10.6. The highest BCUT2D eigenvalue weighted by molar-refractivity contribution is 7.89. The number of carbonyl (C=O) groups is 1. The third-order valence-corrected chi connectivity index (χ3v) is 7.89. The van der Waals surface area contributed by atoms with Gasteiger partial charge >= 0.3 is 0 Å². The van der Waals surface area contributed by atoms with Crippen LogP contribution in [0, 0.1) is 11.7 Å². The van der Waals surface area contributed by atoms with Crippen molar-refractivity contribution in [1.82, 2.24) is 15.0 Å². The van der Waals surface area contributed by atoms with Gasteiger partial charge in [-0.2, -0.15) is 0 Å². The molecule has 0 spiro atoms. The van der Waals surface area contributed by atoms with Crippen molar-refractivity contribution in [3.63, 3.8) is 0 Å². The van der Waals surface area contributed by atoms with E-state index in [9.17, 15) is 17.6 Å². The Morgan fingerprint density at radius 1 is 1.12 bits per heavy atom. The Morgan fingerprint density at radius 3 is 2.50 bits per heavy atom. The van der Waals surface area contributed by atoms with Crippen molar-refractivity contribution in [3.8, 4) is 0 Å². The molecule has 0 aliphatic heterocycles. The Hall–Kier alpha value is -2.42. The summed E-state index contributed by atoms with van der Waals surface area (Å²) in [6, 6.07) is 10.4. The second-order valence-electron chi connectivity index (χ2n) is 8.30. The van der Waals surface area contributed by atoms with Crippen molar-refractivity contribution in [2.75, 3.05) is 0 Å². The number of H-pyrrole nitrogens is 1. The Morgan fingerprint density at radius 2 is 1.81 bits per heavy atom. The predicted octanol–water partition coefficient (Wildman–Crippen LogP) is 4.67. The molecule has 0 radical (unpaired) electrons. The highest BCUT2D eigenvalue weighted by Gasteiger charge is 2.30. The average molecular weight is 478 g/mol. The zero-order chi connectivity index (χ0) is 22.9. The number of rotatable bonds is 6. The van der Waals surface area contributed by atoms with E-state index in [-0.39, 0.29) is 34.6 Å². The first-order chi connectivity index (χ1) is 15.2. The Bertz CT molecular complexity index is 1220. The van der Waals surface area contributed by atoms with Crippen molar-refractivity contribution in [3.05, 3.63) is 65.1 Å². The van der Waals surface area contributed by atoms with Crippen LogP contribution in [0.1, 0.15) is 44.2 Å². The van der Waals surface area contributed by atoms with Crippen LogP contribution in [-0.4, -0.2) is 25.4 Å². The molecular formula is C23H25ClFN3O3S. The summed E-state index contributed by atoms with van der Waals surface area (Å²) in [6.07, 6.45) is 3.98. The molecule has 170 valence electrons. The summed E-state index contributed by atoms with van der Waals surface area (Å²) in [6.45, 7) is 1.86. The number of hydrogen-bond acceptors (Lipinski definition) is 3. The molecule has 32 heavy (non-hydrogen) atoms. The van der Waals surface area contributed by atoms with Crippen molar-refractivity contribution in [1.29, 1.82) is 0 Å². The van der Waals surface area contributed by atoms with Gasteiger partial charge in [0.25, 0.3) is 0 Å². The van der Waals surface area contributed by atoms with E-state index in [1.165, 1.54) is 12.1 Å². The Kier molecular flexibility index (Phi) is 6.55. The van der Waals surface area contributed by atoms with Gasteiger partial charge in [0.2, 0.25) is 15.9 Å². The van der Waals surface area contributed by atoms with E-state index in [2.05, 4.69) is 15.0 Å². The quantitative estimate of drug-likeness (QED) is 0.481. The highest BCUT2D eigenvalue weighted by Crippen LogP contribution is 2.28. The van der Waals surface area contributed by atoms with E-state index >= 15 is 0 Å². The topological polar surface area (TPSA) is 91.1 Å². The number of benzene rings is 2. The van der Waals surface area contributed by atoms with Crippen molar-refractivity contribution in [2.24, 2.45) is 5.92 Å². The van der Waals surface area contributed by atoms with E-state index in [0.29, 0.717) is 36.2 Å². The van der Waals surface area contributed by atoms with Crippen LogP contribution >= 0.6 is 11.6 Å². The molecule has 9 heteroatoms. The molecule has 1 aliphatic carbocycles. The van der Waals surface area contributed by atoms with Crippen LogP contribution in [0.2, 0.25) is 5.02 Å². The summed E-state index contributed by atoms with van der Waals surface area (Å²) in [5.74, 6) is -0.544. The number of carbonyl (C=O) groups excluding carboxylic acids is 1. The summed E-state index contributed by atoms with van der Waals surface area (Å²) < 4.78 is 41.5. The van der Waals surface area contributed by atoms with E-state index in [1.807, 2.05) is 6.92 Å². The lowest BCUT2D eigenvalue weighted by Crippen LogP contribution is -2.41. The lowest BCUT2D eigenvalue weighted by Gasteiger charge is -2.29. The first kappa shape index (κ1) is 22.8. The van der Waals surface area contributed by atoms with Gasteiger partial charge in [0.05, 0.1) is 16.0 Å². The molecule has 0 unspecified atom stereocenters. The van der Waals surface area contributed by atoms with Crippen LogP contribution in [0.5, 0.6) is 0 Å². The standard InChI is InChI=1S/C23H25ClFN3O3S/c1-14(15-2-6-17(25)7-3-15)27-23(29)16-4-8-18(9-5-16)28-32(30,31)19-10-11-20-21(24)13-26-22(20)12-19/h2-3,6-7,10-14,16,18,26,28H,4-5,8-9H2,1H3,(H,27,29)/t14-,16-,18-/m1/s1. The van der Waals surface area contributed by atoms with Gasteiger partial charge in [-0.1, -0.05) is 23.7 Å². The van der Waals surface area contributed by atoms with Gasteiger partial charge < -0.3 is 10.3 Å². The fraction of sp³-hybridized carbons (Fsp3) is 0.348. The molecule has 1 fully saturated rings. The van der Waals surface area contributed by atoms with Gasteiger partial charge in [0.15, 0.2) is 0 Å². The summed E-state index contributed by atoms with van der Waals surface area (Å²) >= 11 is 6.06. The molecule has 3 aromatic rings. The monoisotopic (exact) mass is 477 g/mol. The number of hydrogen-bond donors (Lipinski definition) is 3. The van der Waals surface area contributed by atoms with Crippen molar-refractivity contribution >= 4 is 38.4 Å². The molecule has 1 heterocycles. The minimum Gasteiger partial charge on any atom is -0.360 e. The first-order valence-corrected chi connectivity index (χ1v) is 12.4. The van der Waals surface area contributed by atoms with Crippen LogP contribution in [-0.2, 0) is 14.8 Å². The maximum absolute atomic E-state index is 13.1. The van der Waals surface area contributed by atoms with E-state index in [0.717, 1.165) is 10.9 Å². The number of halogens is 2. The normalized spacial score (nSPS) is 20.2. The maximum atomic E-state index is 13.1. The molecule has 3 N–H and O–H groups in total. The van der Waals surface area contributed by atoms with Gasteiger partial charge in [-0.05, 0) is 68.5 Å². The lowest BCUT2D eigenvalue weighted by molar-refractivity contribution is -0.126. The van der Waals surface area contributed by atoms with Gasteiger partial charge in [-0.15, -0.1) is 0 Å². The number of sulfonamides is 1. The largest absolute Gasteiger partial charge is 0.360 e. The second kappa shape index (κ2) is 9.21. The summed E-state index contributed by atoms with van der Waals surface area (Å²) in [5.41, 5.74) is 1.50. The van der Waals surface area contributed by atoms with Gasteiger partial charge in [0, 0.05) is 29.1 Å². The van der Waals surface area contributed by atoms with E-state index in [1.54, 1.807) is 36.5 Å². The summed E-state index contributed by atoms with van der Waals surface area (Å²) in [7, 11) is -3.68. The lowest BCUT2D eigenvalue weighted by atomic mass is 9.85. The fourth-order valence-electron chi connectivity index (χ4n) is 4.16. The molecule has 1 aromatic heterocycles. The zero-order valence-electron chi connectivity index (χ0n) is 17.6. The van der Waals surface area contributed by atoms with E-state index < -0.39 is 10.0 Å². The van der Waals surface area contributed by atoms with Crippen LogP contribution in [0.3, 0.4) is 0 Å². The third kappa shape index (κ3) is 4.98. The Balaban J connectivity index is 1.32. The number of fused-ring (bicyclic) bond motifs is 1. The SMILES string of the molecule is C[C@@H](NC(=O)[C@H]1CC[C@H](NS(=O)(=O)c2ccc3c(Cl)c[nH]c3c2)CC1)c1ccc(F)cc1. The van der Waals surface area contributed by atoms with E-state index in [4.69, 9.17) is 11.6 Å². The van der Waals surface area contributed by atoms with Crippen LogP contribution < -0.4 is 10.0 Å². The summed E-state index contributed by atoms with van der Waals surface area (Å²) in [5, 5.41) is 4.29. The highest BCUT2D eigenvalue weighted by atomic mass is 35.5. The molecule has 1 atom stereocenters. The molecule has 0 bridgehead atoms. The predicted molar refractivity (Wildman–Crippen MR) is 122 cm³/mol. The van der Waals surface area contributed by atoms with Gasteiger partial charge in [-0.25, -0.2) is 17.5 Å². The maximum Gasteiger partial charge on any atom is 0.240 e. The fourth-order valence-corrected chi connectivity index (χ4v) is 5.71. The number of aromatic amines is 1. The molecule has 2 aromatic carbocycles. The van der Waals surface area contributed by atoms with Crippen LogP contribution in [0.25, 0.3) is 10.9 Å². The van der Waals surface area contributed by atoms with Crippen LogP contribution in [0.15, 0.2) is 53.6 Å². The Labute approximate surface area is 191 Å². The molecule has 1 amide bonds. The molecule has 1 saturated carbocycles. The molecule has 1 aliphatic rings. The third-order valence-electron chi connectivity index (χ3n) is 6.06. The van der Waals surface area contributed by atoms with Crippen molar-refractivity contribution < 1.29 is 17.6 Å². The number of nitrogens with one attached hydrogen (secondary N) is 3. The van der Waals surface area contributed by atoms with Gasteiger partial charge in [0.1, 0.15) is 5.82 Å². The van der Waals surface area contributed by atoms with Crippen LogP contribution in [0.4, 0.5) is 4.39 Å². The minimum atomic E-state index is -3.68. The smallest absolute Gasteiger partial charge is 0.240 e. The molecule has 0 saturated heterocycles. The number of amides is 1. The van der Waals surface area contributed by atoms with Gasteiger partial charge in [-0.3, -0.25) is 4.79 Å². The molecule has 4 rings (SSSR count). The summed E-state index contributed by atoms with van der Waals surface area (Å²) in [4.78, 5) is 15.8. The second-order valence-corrected chi connectivity index (χ2v) is 10.4. The zero-order valence-corrected chi connectivity index (χ0v) is 19.1. The number of aromatic nitrogens is 1. The average Bonchev–Trinajstić information content (AvgIpc) is 3.14. The molecular weight excluding hydrogens is 453 g/mol. The molecule has 6 nitrogen and oxygen atoms in total. The van der Waals surface area contributed by atoms with Crippen molar-refractivity contribution in [2.45, 2.75) is 49.6 Å². The minimum absolute atomic E-state index is 0.0581.